The van der Waals surface area contributed by atoms with Gasteiger partial charge in [0, 0.05) is 0 Å². The summed E-state index contributed by atoms with van der Waals surface area (Å²) in [6, 6.07) is 25.2. The van der Waals surface area contributed by atoms with Gasteiger partial charge in [-0.1, -0.05) is 0 Å². The molecule has 0 atom stereocenters. The Morgan fingerprint density at radius 1 is 0.733 bits per heavy atom. The van der Waals surface area contributed by atoms with Gasteiger partial charge >= 0.3 is 284 Å². The topological polar surface area (TPSA) is 15.7 Å². The number of nitrogens with zero attached hydrogens (tertiary/aromatic N) is 2. The van der Waals surface area contributed by atoms with Gasteiger partial charge in [-0.3, -0.25) is 0 Å². The van der Waals surface area contributed by atoms with Crippen molar-refractivity contribution < 1.29 is 16.6 Å². The Labute approximate surface area is 282 Å². The van der Waals surface area contributed by atoms with Crippen LogP contribution in [0.15, 0.2) is 72.8 Å². The molecule has 1 fully saturated rings. The van der Waals surface area contributed by atoms with E-state index in [1.54, 1.807) is 0 Å². The number of hydrogen-bond acceptors (Lipinski definition) is 4. The maximum absolute atomic E-state index is 7.73. The molecular weight excluding hydrogens is 704 g/mol. The molecule has 0 amide bonds. The Hall–Kier alpha value is -2.95. The first kappa shape index (κ1) is 32.0. The van der Waals surface area contributed by atoms with Crippen molar-refractivity contribution in [2.24, 2.45) is 0 Å². The zero-order valence-corrected chi connectivity index (χ0v) is 30.6. The van der Waals surface area contributed by atoms with E-state index in [0.717, 1.165) is 44.1 Å². The maximum atomic E-state index is 7.73. The summed E-state index contributed by atoms with van der Waals surface area (Å²) in [5.41, 5.74) is 10.6. The van der Waals surface area contributed by atoms with E-state index in [1.807, 2.05) is 36.4 Å². The third-order valence-corrected chi connectivity index (χ3v) is 14.2. The van der Waals surface area contributed by atoms with Crippen molar-refractivity contribution in [3.63, 3.8) is 0 Å². The van der Waals surface area contributed by atoms with Crippen LogP contribution >= 0.6 is 31.6 Å². The van der Waals surface area contributed by atoms with Crippen LogP contribution in [0.3, 0.4) is 0 Å². The standard InChI is InChI=1S/C21H26N2.C17H12OS.2ClH.Ru/c1-14-9-16(3)20(17(4)10-14)22-7-8-23(13-22)21-18(5)11-15(2)12-19(21)6;1-12-6-2-5-9-15(12)18-17-14-8-4-3-7-13(14)10-11-16(17)19;;;/h9-12H,7-8H2,1-6H3;1-10H,11H2;2*1H;/q;;;;+2/p-2. The SMILES string of the molecule is Cc1cc(C)c(N2CCN(c3c(C)cc(C)cc3C)[C]2=[Ru]([Cl])([Cl])=[CH]c2ccccc2OC2=c3ccccc3=CCC2=S)c(C)c1. The normalized spacial score (nSPS) is 15.2. The Morgan fingerprint density at radius 2 is 1.24 bits per heavy atom. The Kier molecular flexibility index (Phi) is 9.02. The number of fused-ring (bicyclic) bond motifs is 1. The van der Waals surface area contributed by atoms with Crippen molar-refractivity contribution in [3.05, 3.63) is 122 Å². The van der Waals surface area contributed by atoms with E-state index >= 15 is 0 Å². The third-order valence-electron chi connectivity index (χ3n) is 8.34. The van der Waals surface area contributed by atoms with Crippen molar-refractivity contribution in [2.45, 2.75) is 48.0 Å². The van der Waals surface area contributed by atoms with Crippen LogP contribution in [0.25, 0.3) is 11.8 Å². The summed E-state index contributed by atoms with van der Waals surface area (Å²) < 4.78 is 9.72. The molecular formula is C38H38Cl2N2ORuS. The number of aryl methyl sites for hydroxylation is 6. The minimum atomic E-state index is -3.78. The average molecular weight is 743 g/mol. The van der Waals surface area contributed by atoms with Gasteiger partial charge in [0.05, 0.1) is 0 Å². The predicted molar refractivity (Wildman–Crippen MR) is 196 cm³/mol. The molecule has 1 aliphatic carbocycles. The number of thiocarbonyl (C=S) groups is 1. The molecule has 4 aromatic rings. The third kappa shape index (κ3) is 6.25. The van der Waals surface area contributed by atoms with Crippen LogP contribution in [0.2, 0.25) is 0 Å². The zero-order valence-electron chi connectivity index (χ0n) is 26.5. The van der Waals surface area contributed by atoms with E-state index in [-0.39, 0.29) is 0 Å². The number of anilines is 2. The summed E-state index contributed by atoms with van der Waals surface area (Å²) in [7, 11) is 15.5. The van der Waals surface area contributed by atoms with Crippen LogP contribution in [0, 0.1) is 41.5 Å². The van der Waals surface area contributed by atoms with E-state index in [9.17, 15) is 0 Å². The summed E-state index contributed by atoms with van der Waals surface area (Å²) in [5.74, 6) is 1.41. The molecule has 0 bridgehead atoms. The first-order chi connectivity index (χ1) is 21.4. The van der Waals surface area contributed by atoms with Crippen LogP contribution in [0.4, 0.5) is 11.4 Å². The van der Waals surface area contributed by atoms with E-state index in [1.165, 1.54) is 44.8 Å². The van der Waals surface area contributed by atoms with Gasteiger partial charge < -0.3 is 0 Å². The molecule has 0 saturated carbocycles. The minimum absolute atomic E-state index is 0.672. The van der Waals surface area contributed by atoms with Gasteiger partial charge in [-0.05, 0) is 0 Å². The quantitative estimate of drug-likeness (QED) is 0.152. The number of halogens is 2. The molecule has 234 valence electrons. The van der Waals surface area contributed by atoms with Gasteiger partial charge in [-0.2, -0.15) is 0 Å². The second-order valence-corrected chi connectivity index (χ2v) is 21.7. The number of ether oxygens (including phenoxy) is 1. The fourth-order valence-corrected chi connectivity index (χ4v) is 13.0. The summed E-state index contributed by atoms with van der Waals surface area (Å²) in [5, 5.41) is 2.13. The fourth-order valence-electron chi connectivity index (χ4n) is 6.77. The molecule has 0 radical (unpaired) electrons. The molecule has 0 N–H and O–H groups in total. The molecule has 1 saturated heterocycles. The van der Waals surface area contributed by atoms with Gasteiger partial charge in [0.1, 0.15) is 0 Å². The van der Waals surface area contributed by atoms with Crippen molar-refractivity contribution >= 4 is 68.6 Å². The summed E-state index contributed by atoms with van der Waals surface area (Å²) in [6.45, 7) is 14.6. The number of hydrogen-bond donors (Lipinski definition) is 0. The second kappa shape index (κ2) is 12.7. The van der Waals surface area contributed by atoms with Gasteiger partial charge in [0.2, 0.25) is 0 Å². The molecule has 0 unspecified atom stereocenters. The number of rotatable bonds is 5. The molecule has 3 nitrogen and oxygen atoms in total. The van der Waals surface area contributed by atoms with E-state index in [2.05, 4.69) is 98.4 Å². The van der Waals surface area contributed by atoms with Crippen LogP contribution in [-0.2, 0) is 11.9 Å². The van der Waals surface area contributed by atoms with Gasteiger partial charge in [0.15, 0.2) is 0 Å². The Morgan fingerprint density at radius 3 is 1.82 bits per heavy atom. The van der Waals surface area contributed by atoms with Crippen molar-refractivity contribution in [2.75, 3.05) is 22.9 Å². The zero-order chi connectivity index (χ0) is 32.0. The first-order valence-electron chi connectivity index (χ1n) is 15.1. The monoisotopic (exact) mass is 742 g/mol. The van der Waals surface area contributed by atoms with Gasteiger partial charge in [-0.25, -0.2) is 0 Å². The molecule has 0 aromatic heterocycles. The summed E-state index contributed by atoms with van der Waals surface area (Å²) in [6.07, 6.45) is 2.83. The molecule has 7 heteroatoms. The second-order valence-electron chi connectivity index (χ2n) is 12.0. The molecule has 2 aliphatic rings. The molecule has 4 aromatic carbocycles. The molecule has 0 spiro atoms. The summed E-state index contributed by atoms with van der Waals surface area (Å²) >= 11 is 2.00. The van der Waals surface area contributed by atoms with E-state index < -0.39 is 11.9 Å². The van der Waals surface area contributed by atoms with Crippen LogP contribution in [0.5, 0.6) is 5.75 Å². The number of benzene rings is 4. The van der Waals surface area contributed by atoms with E-state index in [0.29, 0.717) is 12.2 Å². The molecule has 45 heavy (non-hydrogen) atoms. The Balaban J connectivity index is 1.59. The van der Waals surface area contributed by atoms with Gasteiger partial charge in [0.25, 0.3) is 0 Å². The predicted octanol–water partition coefficient (Wildman–Crippen LogP) is 8.00. The van der Waals surface area contributed by atoms with Crippen molar-refractivity contribution in [1.29, 1.82) is 0 Å². The molecule has 1 heterocycles. The van der Waals surface area contributed by atoms with Crippen molar-refractivity contribution in [1.82, 2.24) is 0 Å². The summed E-state index contributed by atoms with van der Waals surface area (Å²) in [4.78, 5) is 5.54. The first-order valence-corrected chi connectivity index (χ1v) is 21.8. The van der Waals surface area contributed by atoms with E-state index in [4.69, 9.17) is 36.3 Å². The van der Waals surface area contributed by atoms with Gasteiger partial charge in [-0.15, -0.1) is 0 Å². The number of para-hydroxylation sites is 1. The van der Waals surface area contributed by atoms with Crippen LogP contribution < -0.4 is 25.0 Å². The fraction of sp³-hybridized carbons (Fsp3) is 0.237. The van der Waals surface area contributed by atoms with Crippen LogP contribution in [-0.4, -0.2) is 26.9 Å². The molecule has 1 aliphatic heterocycles. The molecule has 6 rings (SSSR count). The van der Waals surface area contributed by atoms with Crippen LogP contribution in [0.1, 0.15) is 45.4 Å². The Bertz CT molecular complexity index is 2010. The van der Waals surface area contributed by atoms with Crippen molar-refractivity contribution in [3.8, 4) is 5.75 Å². The average Bonchev–Trinajstić information content (AvgIpc) is 3.39.